The first-order valence-corrected chi connectivity index (χ1v) is 10.2. The molecule has 0 radical (unpaired) electrons. The van der Waals surface area contributed by atoms with Crippen molar-refractivity contribution in [2.45, 2.75) is 31.1 Å². The Labute approximate surface area is 199 Å². The van der Waals surface area contributed by atoms with Crippen molar-refractivity contribution in [1.82, 2.24) is 0 Å². The number of alkyl halides is 6. The van der Waals surface area contributed by atoms with E-state index in [0.29, 0.717) is 12.1 Å². The van der Waals surface area contributed by atoms with Gasteiger partial charge in [0.1, 0.15) is 6.42 Å². The van der Waals surface area contributed by atoms with Gasteiger partial charge in [-0.3, -0.25) is 4.79 Å². The summed E-state index contributed by atoms with van der Waals surface area (Å²) in [5, 5.41) is 8.23. The molecule has 2 aromatic rings. The van der Waals surface area contributed by atoms with Crippen molar-refractivity contribution in [3.8, 4) is 0 Å². The molecule has 0 fully saturated rings. The van der Waals surface area contributed by atoms with Gasteiger partial charge in [0.05, 0.1) is 21.7 Å². The van der Waals surface area contributed by atoms with E-state index in [1.54, 1.807) is 23.2 Å². The molecule has 0 saturated heterocycles. The number of hydrogen-bond acceptors (Lipinski definition) is 3. The molecule has 2 aromatic carbocycles. The summed E-state index contributed by atoms with van der Waals surface area (Å²) in [5.41, 5.74) is 2.24. The van der Waals surface area contributed by atoms with E-state index in [1.165, 1.54) is 6.08 Å². The van der Waals surface area contributed by atoms with Crippen molar-refractivity contribution in [2.75, 3.05) is 11.6 Å². The monoisotopic (exact) mass is 532 g/mol. The van der Waals surface area contributed by atoms with Gasteiger partial charge in [-0.2, -0.15) is 26.3 Å². The second-order valence-electron chi connectivity index (χ2n) is 7.19. The van der Waals surface area contributed by atoms with E-state index in [1.807, 2.05) is 0 Å². The zero-order valence-corrected chi connectivity index (χ0v) is 18.5. The molecule has 1 aliphatic heterocycles. The number of allylic oxidation sites excluding steroid dienone is 1. The summed E-state index contributed by atoms with van der Waals surface area (Å²) in [6, 6.07) is 7.16. The second-order valence-corrected chi connectivity index (χ2v) is 8.01. The summed E-state index contributed by atoms with van der Waals surface area (Å²) < 4.78 is 86.7. The summed E-state index contributed by atoms with van der Waals surface area (Å²) >= 11 is 11.3. The molecule has 0 saturated carbocycles. The van der Waals surface area contributed by atoms with Gasteiger partial charge in [-0.15, -0.1) is 0 Å². The fourth-order valence-corrected chi connectivity index (χ4v) is 3.60. The molecular weight excluding hydrogens is 516 g/mol. The SMILES string of the molecule is NN1CCc2cc(/C=C/C(c3cc(Cl)c(F)c(Cl)c3)C(F)(F)F)ccc21.O=C(O)CC(F)(F)F. The molecule has 186 valence electrons. The highest BCUT2D eigenvalue weighted by Crippen LogP contribution is 2.39. The number of anilines is 1. The third-order valence-electron chi connectivity index (χ3n) is 4.59. The summed E-state index contributed by atoms with van der Waals surface area (Å²) in [6.45, 7) is 0.667. The molecule has 13 heteroatoms. The maximum atomic E-state index is 13.5. The Kier molecular flexibility index (Phi) is 8.84. The quantitative estimate of drug-likeness (QED) is 0.259. The van der Waals surface area contributed by atoms with Crippen molar-refractivity contribution in [3.05, 3.63) is 69.0 Å². The van der Waals surface area contributed by atoms with E-state index >= 15 is 0 Å². The highest BCUT2D eigenvalue weighted by atomic mass is 35.5. The summed E-state index contributed by atoms with van der Waals surface area (Å²) in [5.74, 6) is 1.05. The predicted molar refractivity (Wildman–Crippen MR) is 114 cm³/mol. The molecule has 3 rings (SSSR count). The summed E-state index contributed by atoms with van der Waals surface area (Å²) in [7, 11) is 0. The van der Waals surface area contributed by atoms with Crippen molar-refractivity contribution >= 4 is 40.9 Å². The van der Waals surface area contributed by atoms with Crippen LogP contribution in [0.25, 0.3) is 6.08 Å². The Hall–Kier alpha value is -2.50. The minimum absolute atomic E-state index is 0.223. The van der Waals surface area contributed by atoms with Crippen LogP contribution in [0.3, 0.4) is 0 Å². The fourth-order valence-electron chi connectivity index (χ4n) is 3.09. The van der Waals surface area contributed by atoms with E-state index < -0.39 is 46.5 Å². The van der Waals surface area contributed by atoms with Crippen LogP contribution < -0.4 is 10.9 Å². The molecule has 3 N–H and O–H groups in total. The molecule has 0 amide bonds. The number of carboxylic acids is 1. The number of carboxylic acid groups (broad SMARTS) is 1. The van der Waals surface area contributed by atoms with E-state index in [-0.39, 0.29) is 5.56 Å². The van der Waals surface area contributed by atoms with Gasteiger partial charge in [0.15, 0.2) is 5.82 Å². The largest absolute Gasteiger partial charge is 0.481 e. The standard InChI is InChI=1S/C18H14Cl2F4N2.C3H3F3O2/c19-14-8-12(9-15(20)17(14)21)13(18(22,23)24)3-1-10-2-4-16-11(7-10)5-6-26(16)25;4-3(5,6)1-2(7)8/h1-4,7-9,13H,5-6,25H2;1H2,(H,7,8)/b3-1+;. The molecule has 0 bridgehead atoms. The molecule has 34 heavy (non-hydrogen) atoms. The van der Waals surface area contributed by atoms with Crippen molar-refractivity contribution in [1.29, 1.82) is 0 Å². The lowest BCUT2D eigenvalue weighted by molar-refractivity contribution is -0.166. The highest BCUT2D eigenvalue weighted by molar-refractivity contribution is 6.35. The topological polar surface area (TPSA) is 66.6 Å². The van der Waals surface area contributed by atoms with Crippen LogP contribution in [0, 0.1) is 5.82 Å². The minimum Gasteiger partial charge on any atom is -0.481 e. The first-order chi connectivity index (χ1) is 15.6. The van der Waals surface area contributed by atoms with Gasteiger partial charge in [0.25, 0.3) is 0 Å². The lowest BCUT2D eigenvalue weighted by Gasteiger charge is -2.18. The Morgan fingerprint density at radius 3 is 2.18 bits per heavy atom. The third-order valence-corrected chi connectivity index (χ3v) is 5.14. The number of rotatable bonds is 4. The van der Waals surface area contributed by atoms with Crippen LogP contribution >= 0.6 is 23.2 Å². The maximum absolute atomic E-state index is 13.5. The number of nitrogens with two attached hydrogens (primary N) is 1. The number of halogens is 9. The van der Waals surface area contributed by atoms with Gasteiger partial charge >= 0.3 is 18.3 Å². The molecule has 1 aliphatic rings. The van der Waals surface area contributed by atoms with Crippen LogP contribution in [0.5, 0.6) is 0 Å². The van der Waals surface area contributed by atoms with Gasteiger partial charge in [-0.05, 0) is 47.4 Å². The number of nitrogens with zero attached hydrogens (tertiary/aromatic N) is 1. The van der Waals surface area contributed by atoms with Gasteiger partial charge in [-0.25, -0.2) is 10.2 Å². The normalized spacial score (nSPS) is 14.6. The number of hydrogen-bond donors (Lipinski definition) is 2. The second kappa shape index (κ2) is 10.8. The van der Waals surface area contributed by atoms with Crippen molar-refractivity contribution in [3.63, 3.8) is 0 Å². The Balaban J connectivity index is 0.000000440. The van der Waals surface area contributed by atoms with Crippen LogP contribution in [0.15, 0.2) is 36.4 Å². The Morgan fingerprint density at radius 1 is 1.12 bits per heavy atom. The predicted octanol–water partition coefficient (Wildman–Crippen LogP) is 6.75. The Morgan fingerprint density at radius 2 is 1.71 bits per heavy atom. The maximum Gasteiger partial charge on any atom is 0.399 e. The molecule has 1 unspecified atom stereocenters. The van der Waals surface area contributed by atoms with Gasteiger partial charge in [-0.1, -0.05) is 41.4 Å². The number of aliphatic carboxylic acids is 1. The number of hydrazine groups is 1. The number of carbonyl (C=O) groups is 1. The highest BCUT2D eigenvalue weighted by Gasteiger charge is 2.39. The zero-order chi connectivity index (χ0) is 25.8. The Bertz CT molecular complexity index is 1050. The van der Waals surface area contributed by atoms with E-state index in [2.05, 4.69) is 0 Å². The van der Waals surface area contributed by atoms with Crippen LogP contribution in [0.2, 0.25) is 10.0 Å². The number of fused-ring (bicyclic) bond motifs is 1. The van der Waals surface area contributed by atoms with Crippen LogP contribution in [-0.4, -0.2) is 30.0 Å². The molecule has 0 aromatic heterocycles. The smallest absolute Gasteiger partial charge is 0.399 e. The molecular formula is C21H17Cl2F7N2O2. The first-order valence-electron chi connectivity index (χ1n) is 9.41. The van der Waals surface area contributed by atoms with Crippen molar-refractivity contribution < 1.29 is 40.6 Å². The molecule has 1 heterocycles. The first kappa shape index (κ1) is 27.7. The van der Waals surface area contributed by atoms with Gasteiger partial charge in [0.2, 0.25) is 0 Å². The minimum atomic E-state index is -4.58. The summed E-state index contributed by atoms with van der Waals surface area (Å²) in [4.78, 5) is 9.29. The van der Waals surface area contributed by atoms with E-state index in [9.17, 15) is 35.5 Å². The molecule has 0 aliphatic carbocycles. The van der Waals surface area contributed by atoms with Crippen LogP contribution in [0.1, 0.15) is 29.0 Å². The molecule has 0 spiro atoms. The molecule has 1 atom stereocenters. The molecule has 4 nitrogen and oxygen atoms in total. The van der Waals surface area contributed by atoms with Crippen LogP contribution in [0.4, 0.5) is 36.4 Å². The van der Waals surface area contributed by atoms with E-state index in [4.69, 9.17) is 34.2 Å². The average Bonchev–Trinajstić information content (AvgIpc) is 3.04. The third kappa shape index (κ3) is 7.78. The fraction of sp³-hybridized carbons (Fsp3) is 0.286. The lowest BCUT2D eigenvalue weighted by atomic mass is 9.96. The van der Waals surface area contributed by atoms with Crippen LogP contribution in [-0.2, 0) is 11.2 Å². The number of benzene rings is 2. The average molecular weight is 533 g/mol. The van der Waals surface area contributed by atoms with Gasteiger partial charge < -0.3 is 10.1 Å². The van der Waals surface area contributed by atoms with Gasteiger partial charge in [0, 0.05) is 6.54 Å². The summed E-state index contributed by atoms with van der Waals surface area (Å²) in [6.07, 6.45) is -7.79. The van der Waals surface area contributed by atoms with E-state index in [0.717, 1.165) is 35.9 Å². The van der Waals surface area contributed by atoms with Crippen molar-refractivity contribution in [2.24, 2.45) is 5.84 Å². The zero-order valence-electron chi connectivity index (χ0n) is 17.0. The lowest BCUT2D eigenvalue weighted by Crippen LogP contribution is -2.27.